The average molecular weight is 474 g/mol. The molecule has 0 saturated heterocycles. The van der Waals surface area contributed by atoms with Crippen molar-refractivity contribution in [3.05, 3.63) is 103 Å². The number of anilines is 1. The molecule has 0 radical (unpaired) electrons. The lowest BCUT2D eigenvalue weighted by molar-refractivity contribution is -0.114. The van der Waals surface area contributed by atoms with Crippen molar-refractivity contribution in [2.45, 2.75) is 24.3 Å². The number of hydrogen-bond acceptors (Lipinski definition) is 6. The van der Waals surface area contributed by atoms with Crippen LogP contribution in [0.4, 0.5) is 5.69 Å². The number of carbonyl (C=O) groups excluding carboxylic acids is 2. The van der Waals surface area contributed by atoms with Crippen LogP contribution in [0.5, 0.6) is 5.75 Å². The molecule has 0 aromatic heterocycles. The predicted molar refractivity (Wildman–Crippen MR) is 133 cm³/mol. The molecule has 0 bridgehead atoms. The van der Waals surface area contributed by atoms with Gasteiger partial charge in [-0.2, -0.15) is 0 Å². The van der Waals surface area contributed by atoms with Gasteiger partial charge in [-0.25, -0.2) is 0 Å². The summed E-state index contributed by atoms with van der Waals surface area (Å²) in [6.45, 7) is 5.32. The fourth-order valence-corrected chi connectivity index (χ4v) is 4.08. The summed E-state index contributed by atoms with van der Waals surface area (Å²) in [5, 5.41) is 19.6. The van der Waals surface area contributed by atoms with Crippen molar-refractivity contribution in [2.75, 3.05) is 4.90 Å². The lowest BCUT2D eigenvalue weighted by atomic mass is 10.0. The number of nitrogens with zero attached hydrogens (tertiary/aromatic N) is 1. The summed E-state index contributed by atoms with van der Waals surface area (Å²) in [4.78, 5) is 26.6. The highest BCUT2D eigenvalue weighted by Crippen LogP contribution is 2.29. The van der Waals surface area contributed by atoms with Crippen molar-refractivity contribution in [3.8, 4) is 16.9 Å². The van der Waals surface area contributed by atoms with Crippen LogP contribution in [-0.2, 0) is 4.79 Å². The van der Waals surface area contributed by atoms with Crippen LogP contribution in [0.3, 0.4) is 0 Å². The zero-order valence-corrected chi connectivity index (χ0v) is 19.2. The monoisotopic (exact) mass is 473 g/mol. The minimum Gasteiger partial charge on any atom is -0.461 e. The quantitative estimate of drug-likeness (QED) is 0.292. The first kappa shape index (κ1) is 23.5. The number of thioether (sulfide) groups is 1. The van der Waals surface area contributed by atoms with Gasteiger partial charge < -0.3 is 14.9 Å². The van der Waals surface area contributed by atoms with E-state index in [1.807, 2.05) is 24.3 Å². The van der Waals surface area contributed by atoms with E-state index in [1.54, 1.807) is 55.5 Å². The normalized spacial score (nSPS) is 15.9. The van der Waals surface area contributed by atoms with E-state index in [4.69, 9.17) is 4.74 Å². The maximum absolute atomic E-state index is 12.7. The van der Waals surface area contributed by atoms with Gasteiger partial charge in [0.2, 0.25) is 11.4 Å². The standard InChI is InChI=1S/C27H23NO5S/c1-17(2)26(31)33-22-11-13-23(14-12-22)34-27(32)20-5-3-18(4-6-20)19-7-9-21(10-8-19)28-24(29)15-16-25(28)30/h3-16,24,26,29,31H,1H2,2H3/t24-,26?/m1/s1. The molecule has 6 nitrogen and oxygen atoms in total. The molecular formula is C27H23NO5S. The fourth-order valence-electron chi connectivity index (χ4n) is 3.34. The third-order valence-corrected chi connectivity index (χ3v) is 6.14. The Bertz CT molecular complexity index is 1230. The van der Waals surface area contributed by atoms with E-state index in [-0.39, 0.29) is 11.0 Å². The van der Waals surface area contributed by atoms with E-state index in [0.717, 1.165) is 27.8 Å². The molecule has 4 rings (SSSR count). The summed E-state index contributed by atoms with van der Waals surface area (Å²) >= 11 is 1.11. The van der Waals surface area contributed by atoms with Crippen LogP contribution in [-0.4, -0.2) is 33.8 Å². The van der Waals surface area contributed by atoms with E-state index in [9.17, 15) is 19.8 Å². The smallest absolute Gasteiger partial charge is 0.253 e. The van der Waals surface area contributed by atoms with Crippen LogP contribution in [0.1, 0.15) is 17.3 Å². The lowest BCUT2D eigenvalue weighted by Gasteiger charge is -2.20. The van der Waals surface area contributed by atoms with Crippen molar-refractivity contribution < 1.29 is 24.5 Å². The molecule has 0 saturated carbocycles. The largest absolute Gasteiger partial charge is 0.461 e. The molecule has 2 N–H and O–H groups in total. The molecule has 1 amide bonds. The van der Waals surface area contributed by atoms with E-state index in [2.05, 4.69) is 6.58 Å². The Balaban J connectivity index is 1.39. The Kier molecular flexibility index (Phi) is 6.98. The van der Waals surface area contributed by atoms with E-state index in [0.29, 0.717) is 22.6 Å². The Labute approximate surface area is 201 Å². The summed E-state index contributed by atoms with van der Waals surface area (Å²) in [6.07, 6.45) is 0.775. The Hall–Kier alpha value is -3.65. The average Bonchev–Trinajstić information content (AvgIpc) is 3.18. The number of benzene rings is 3. The van der Waals surface area contributed by atoms with Crippen molar-refractivity contribution >= 4 is 28.5 Å². The summed E-state index contributed by atoms with van der Waals surface area (Å²) in [5.41, 5.74) is 3.54. The number of carbonyl (C=O) groups is 2. The second-order valence-corrected chi connectivity index (χ2v) is 8.83. The van der Waals surface area contributed by atoms with Crippen LogP contribution in [0, 0.1) is 0 Å². The lowest BCUT2D eigenvalue weighted by Crippen LogP contribution is -2.33. The number of rotatable bonds is 7. The SMILES string of the molecule is C=C(C)C(O)Oc1ccc(SC(=O)c2ccc(-c3ccc(N4C(=O)C=C[C@H]4O)cc3)cc2)cc1. The summed E-state index contributed by atoms with van der Waals surface area (Å²) < 4.78 is 5.35. The van der Waals surface area contributed by atoms with Gasteiger partial charge in [-0.05, 0) is 90.0 Å². The van der Waals surface area contributed by atoms with Gasteiger partial charge >= 0.3 is 0 Å². The van der Waals surface area contributed by atoms with Gasteiger partial charge in [-0.15, -0.1) is 0 Å². The van der Waals surface area contributed by atoms with Crippen molar-refractivity contribution in [1.29, 1.82) is 0 Å². The zero-order valence-electron chi connectivity index (χ0n) is 18.4. The molecule has 3 aromatic rings. The van der Waals surface area contributed by atoms with Gasteiger partial charge in [0.25, 0.3) is 5.91 Å². The predicted octanol–water partition coefficient (Wildman–Crippen LogP) is 4.78. The minimum atomic E-state index is -1.07. The number of ether oxygens (including phenoxy) is 1. The van der Waals surface area contributed by atoms with Crippen molar-refractivity contribution in [2.24, 2.45) is 0 Å². The molecule has 1 aliphatic rings. The highest BCUT2D eigenvalue weighted by Gasteiger charge is 2.25. The molecule has 3 aromatic carbocycles. The topological polar surface area (TPSA) is 87.1 Å². The third-order valence-electron chi connectivity index (χ3n) is 5.22. The van der Waals surface area contributed by atoms with E-state index >= 15 is 0 Å². The maximum atomic E-state index is 12.7. The second kappa shape index (κ2) is 10.1. The maximum Gasteiger partial charge on any atom is 0.253 e. The number of aliphatic hydroxyl groups is 2. The van der Waals surface area contributed by atoms with Crippen molar-refractivity contribution in [3.63, 3.8) is 0 Å². The van der Waals surface area contributed by atoms with Gasteiger partial charge in [-0.3, -0.25) is 14.5 Å². The molecule has 1 unspecified atom stereocenters. The van der Waals surface area contributed by atoms with Crippen molar-refractivity contribution in [1.82, 2.24) is 0 Å². The number of aliphatic hydroxyl groups excluding tert-OH is 2. The molecule has 1 aliphatic heterocycles. The molecule has 0 spiro atoms. The Morgan fingerprint density at radius 3 is 2.12 bits per heavy atom. The summed E-state index contributed by atoms with van der Waals surface area (Å²) in [6, 6.07) is 21.5. The first-order valence-electron chi connectivity index (χ1n) is 10.5. The van der Waals surface area contributed by atoms with Gasteiger partial charge in [0.05, 0.1) is 0 Å². The minimum absolute atomic E-state index is 0.0911. The Morgan fingerprint density at radius 1 is 1.00 bits per heavy atom. The number of amides is 1. The van der Waals surface area contributed by atoms with Crippen LogP contribution in [0.25, 0.3) is 11.1 Å². The van der Waals surface area contributed by atoms with Crippen LogP contribution in [0.15, 0.2) is 102 Å². The molecule has 34 heavy (non-hydrogen) atoms. The van der Waals surface area contributed by atoms with Gasteiger partial charge in [0, 0.05) is 22.2 Å². The second-order valence-electron chi connectivity index (χ2n) is 7.78. The van der Waals surface area contributed by atoms with Gasteiger partial charge in [0.1, 0.15) is 5.75 Å². The first-order chi connectivity index (χ1) is 16.3. The molecule has 0 fully saturated rings. The van der Waals surface area contributed by atoms with Crippen LogP contribution < -0.4 is 9.64 Å². The number of hydrogen-bond donors (Lipinski definition) is 2. The fraction of sp³-hybridized carbons (Fsp3) is 0.111. The molecule has 2 atom stereocenters. The summed E-state index contributed by atoms with van der Waals surface area (Å²) in [5.74, 6) is 0.231. The third kappa shape index (κ3) is 5.28. The Morgan fingerprint density at radius 2 is 1.59 bits per heavy atom. The molecular weight excluding hydrogens is 450 g/mol. The van der Waals surface area contributed by atoms with E-state index < -0.39 is 12.5 Å². The molecule has 7 heteroatoms. The van der Waals surface area contributed by atoms with Crippen LogP contribution in [0.2, 0.25) is 0 Å². The van der Waals surface area contributed by atoms with Gasteiger partial charge in [-0.1, -0.05) is 30.8 Å². The van der Waals surface area contributed by atoms with Gasteiger partial charge in [0.15, 0.2) is 6.23 Å². The highest BCUT2D eigenvalue weighted by molar-refractivity contribution is 8.14. The summed E-state index contributed by atoms with van der Waals surface area (Å²) in [7, 11) is 0. The molecule has 0 aliphatic carbocycles. The first-order valence-corrected chi connectivity index (χ1v) is 11.4. The zero-order chi connectivity index (χ0) is 24.2. The van der Waals surface area contributed by atoms with E-state index in [1.165, 1.54) is 17.1 Å². The molecule has 172 valence electrons. The molecule has 1 heterocycles. The van der Waals surface area contributed by atoms with Crippen LogP contribution >= 0.6 is 11.8 Å². The highest BCUT2D eigenvalue weighted by atomic mass is 32.2.